The van der Waals surface area contributed by atoms with Crippen LogP contribution in [0, 0.1) is 23.7 Å². The van der Waals surface area contributed by atoms with Crippen LogP contribution in [0.5, 0.6) is 0 Å². The van der Waals surface area contributed by atoms with Crippen LogP contribution in [0.25, 0.3) is 11.1 Å². The average Bonchev–Trinajstić information content (AvgIpc) is 3.89. The lowest BCUT2D eigenvalue weighted by atomic mass is 9.85. The summed E-state index contributed by atoms with van der Waals surface area (Å²) in [6.07, 6.45) is 6.04. The van der Waals surface area contributed by atoms with Gasteiger partial charge in [-0.25, -0.2) is 9.59 Å². The van der Waals surface area contributed by atoms with Gasteiger partial charge >= 0.3 is 12.2 Å². The summed E-state index contributed by atoms with van der Waals surface area (Å²) >= 11 is 0. The number of nitrogens with zero attached hydrogens (tertiary/aromatic N) is 2. The van der Waals surface area contributed by atoms with Gasteiger partial charge in [0.2, 0.25) is 23.6 Å². The van der Waals surface area contributed by atoms with Crippen LogP contribution in [0.1, 0.15) is 106 Å². The van der Waals surface area contributed by atoms with Crippen molar-refractivity contribution in [3.63, 3.8) is 0 Å². The average molecular weight is 829 g/mol. The second-order valence-corrected chi connectivity index (χ2v) is 19.1. The van der Waals surface area contributed by atoms with Gasteiger partial charge in [0.1, 0.15) is 11.2 Å². The third-order valence-corrected chi connectivity index (χ3v) is 12.0. The maximum Gasteiger partial charge on any atom is 0.407 e. The van der Waals surface area contributed by atoms with Crippen molar-refractivity contribution in [3.8, 4) is 11.1 Å². The number of nitrogens with one attached hydrogen (secondary N) is 4. The van der Waals surface area contributed by atoms with Gasteiger partial charge in [-0.2, -0.15) is 0 Å². The first-order valence-corrected chi connectivity index (χ1v) is 21.8. The highest BCUT2D eigenvalue weighted by Gasteiger charge is 2.38. The third-order valence-electron chi connectivity index (χ3n) is 12.0. The van der Waals surface area contributed by atoms with Crippen LogP contribution in [-0.4, -0.2) is 95.1 Å². The first kappa shape index (κ1) is 44.4. The Hall–Kier alpha value is -5.14. The molecule has 6 amide bonds. The van der Waals surface area contributed by atoms with Crippen LogP contribution in [0.3, 0.4) is 0 Å². The number of anilines is 2. The lowest BCUT2D eigenvalue weighted by molar-refractivity contribution is -0.136. The van der Waals surface area contributed by atoms with E-state index in [4.69, 9.17) is 9.47 Å². The molecule has 0 unspecified atom stereocenters. The molecule has 0 radical (unpaired) electrons. The Bertz CT molecular complexity index is 1720. The van der Waals surface area contributed by atoms with Gasteiger partial charge in [0.15, 0.2) is 0 Å². The molecule has 326 valence electrons. The molecule has 4 N–H and O–H groups in total. The monoisotopic (exact) mass is 828 g/mol. The summed E-state index contributed by atoms with van der Waals surface area (Å²) in [5.41, 5.74) is 2.16. The fourth-order valence-corrected chi connectivity index (χ4v) is 8.76. The fraction of sp³-hybridized carbons (Fsp3) is 0.609. The van der Waals surface area contributed by atoms with Crippen molar-refractivity contribution in [3.05, 3.63) is 48.5 Å². The van der Waals surface area contributed by atoms with Gasteiger partial charge in [-0.1, -0.05) is 24.3 Å². The third kappa shape index (κ3) is 12.4. The van der Waals surface area contributed by atoms with Crippen LogP contribution in [-0.2, 0) is 28.7 Å². The molecule has 2 atom stereocenters. The van der Waals surface area contributed by atoms with Gasteiger partial charge in [0.05, 0.1) is 11.8 Å². The molecular weight excluding hydrogens is 765 g/mol. The molecule has 2 aromatic rings. The van der Waals surface area contributed by atoms with E-state index in [0.717, 1.165) is 36.8 Å². The lowest BCUT2D eigenvalue weighted by Gasteiger charge is -2.31. The minimum absolute atomic E-state index is 0.00404. The van der Waals surface area contributed by atoms with Crippen molar-refractivity contribution in [2.75, 3.05) is 36.8 Å². The van der Waals surface area contributed by atoms with E-state index in [1.165, 1.54) is 0 Å². The van der Waals surface area contributed by atoms with Crippen molar-refractivity contribution >= 4 is 47.2 Å². The number of carbonyl (C=O) groups excluding carboxylic acids is 6. The number of carbonyl (C=O) groups is 6. The van der Waals surface area contributed by atoms with E-state index in [2.05, 4.69) is 21.3 Å². The number of ether oxygens (including phenoxy) is 2. The zero-order chi connectivity index (χ0) is 43.2. The number of alkyl carbamates (subject to hydrolysis) is 2. The number of hydrogen-bond donors (Lipinski definition) is 4. The summed E-state index contributed by atoms with van der Waals surface area (Å²) in [6, 6.07) is 15.2. The second kappa shape index (κ2) is 19.1. The molecule has 2 aliphatic carbocycles. The Morgan fingerprint density at radius 3 is 1.13 bits per heavy atom. The Kier molecular flexibility index (Phi) is 14.1. The summed E-state index contributed by atoms with van der Waals surface area (Å²) in [4.78, 5) is 81.0. The highest BCUT2D eigenvalue weighted by atomic mass is 16.6. The van der Waals surface area contributed by atoms with Gasteiger partial charge in [0.25, 0.3) is 0 Å². The first-order chi connectivity index (χ1) is 28.4. The Labute approximate surface area is 354 Å². The van der Waals surface area contributed by atoms with Gasteiger partial charge in [-0.15, -0.1) is 0 Å². The van der Waals surface area contributed by atoms with Crippen LogP contribution in [0.2, 0.25) is 0 Å². The molecule has 0 bridgehead atoms. The molecule has 4 aliphatic rings. The smallest absolute Gasteiger partial charge is 0.407 e. The van der Waals surface area contributed by atoms with Crippen LogP contribution in [0.15, 0.2) is 48.5 Å². The molecule has 14 heteroatoms. The number of hydrogen-bond acceptors (Lipinski definition) is 8. The SMILES string of the molecule is CC(C)(C)OC(=O)NC1CCC(C(=O)N2CC[C@@H](C(=O)Nc3ccc(-c4ccc(NC(=O)[C@H]5CCN(C(=O)C6CCC(NC(=O)OC(C)(C)C)CC6)C5)cc4)cc3)C2)CC1. The molecular formula is C46H64N6O8. The summed E-state index contributed by atoms with van der Waals surface area (Å²) in [5.74, 6) is -0.782. The van der Waals surface area contributed by atoms with E-state index in [0.29, 0.717) is 76.1 Å². The summed E-state index contributed by atoms with van der Waals surface area (Å²) < 4.78 is 10.7. The molecule has 2 aliphatic heterocycles. The maximum atomic E-state index is 13.3. The zero-order valence-electron chi connectivity index (χ0n) is 36.1. The lowest BCUT2D eigenvalue weighted by Crippen LogP contribution is -2.43. The minimum Gasteiger partial charge on any atom is -0.444 e. The van der Waals surface area contributed by atoms with E-state index in [1.54, 1.807) is 0 Å². The van der Waals surface area contributed by atoms with E-state index in [-0.39, 0.29) is 59.4 Å². The number of amides is 6. The number of benzene rings is 2. The fourth-order valence-electron chi connectivity index (χ4n) is 8.76. The molecule has 4 fully saturated rings. The van der Waals surface area contributed by atoms with Crippen molar-refractivity contribution in [2.45, 2.75) is 129 Å². The predicted molar refractivity (Wildman–Crippen MR) is 229 cm³/mol. The zero-order valence-corrected chi connectivity index (χ0v) is 36.1. The normalized spacial score (nSPS) is 24.6. The highest BCUT2D eigenvalue weighted by molar-refractivity contribution is 5.95. The molecule has 2 saturated heterocycles. The quantitative estimate of drug-likeness (QED) is 0.207. The standard InChI is InChI=1S/C46H64N6O8/c1-45(2,3)59-43(57)49-37-19-11-31(12-20-37)41(55)51-25-23-33(27-51)39(53)47-35-15-7-29(8-16-35)30-9-17-36(18-10-30)48-40(54)34-24-26-52(28-34)42(56)32-13-21-38(22-14-32)50-44(58)60-46(4,5)6/h7-10,15-18,31-34,37-38H,11-14,19-28H2,1-6H3,(H,47,53)(H,48,54)(H,49,57)(H,50,58)/t31?,32?,33-,34+,37?,38?. The van der Waals surface area contributed by atoms with Gasteiger partial charge in [-0.05, 0) is 141 Å². The highest BCUT2D eigenvalue weighted by Crippen LogP contribution is 2.31. The molecule has 6 rings (SSSR count). The molecule has 14 nitrogen and oxygen atoms in total. The summed E-state index contributed by atoms with van der Waals surface area (Å²) in [6.45, 7) is 12.9. The minimum atomic E-state index is -0.558. The van der Waals surface area contributed by atoms with Gasteiger partial charge in [-0.3, -0.25) is 19.2 Å². The van der Waals surface area contributed by atoms with E-state index >= 15 is 0 Å². The second-order valence-electron chi connectivity index (χ2n) is 19.1. The molecule has 2 aromatic carbocycles. The number of likely N-dealkylation sites (tertiary alicyclic amines) is 2. The van der Waals surface area contributed by atoms with Crippen LogP contribution >= 0.6 is 0 Å². The largest absolute Gasteiger partial charge is 0.444 e. The first-order valence-electron chi connectivity index (χ1n) is 21.8. The Morgan fingerprint density at radius 1 is 0.483 bits per heavy atom. The Morgan fingerprint density at radius 2 is 0.817 bits per heavy atom. The van der Waals surface area contributed by atoms with Crippen LogP contribution < -0.4 is 21.3 Å². The van der Waals surface area contributed by atoms with Gasteiger partial charge in [0, 0.05) is 61.5 Å². The molecule has 60 heavy (non-hydrogen) atoms. The summed E-state index contributed by atoms with van der Waals surface area (Å²) in [7, 11) is 0. The van der Waals surface area contributed by atoms with Crippen molar-refractivity contribution in [1.29, 1.82) is 0 Å². The topological polar surface area (TPSA) is 175 Å². The molecule has 0 aromatic heterocycles. The maximum absolute atomic E-state index is 13.3. The van der Waals surface area contributed by atoms with Crippen molar-refractivity contribution < 1.29 is 38.2 Å². The molecule has 2 saturated carbocycles. The van der Waals surface area contributed by atoms with E-state index in [9.17, 15) is 28.8 Å². The van der Waals surface area contributed by atoms with Crippen LogP contribution in [0.4, 0.5) is 21.0 Å². The molecule has 2 heterocycles. The van der Waals surface area contributed by atoms with E-state index < -0.39 is 23.4 Å². The number of rotatable bonds is 9. The van der Waals surface area contributed by atoms with E-state index in [1.807, 2.05) is 99.9 Å². The van der Waals surface area contributed by atoms with Crippen molar-refractivity contribution in [1.82, 2.24) is 20.4 Å². The summed E-state index contributed by atoms with van der Waals surface area (Å²) in [5, 5.41) is 11.9. The van der Waals surface area contributed by atoms with Gasteiger partial charge < -0.3 is 40.5 Å². The van der Waals surface area contributed by atoms with Crippen molar-refractivity contribution in [2.24, 2.45) is 23.7 Å². The molecule has 0 spiro atoms. The Balaban J connectivity index is 0.893. The predicted octanol–water partition coefficient (Wildman–Crippen LogP) is 7.09.